The smallest absolute Gasteiger partial charge is 0.462 e. The van der Waals surface area contributed by atoms with Crippen molar-refractivity contribution in [2.45, 2.75) is 426 Å². The first kappa shape index (κ1) is 95.1. The number of unbranched alkanes of at least 4 members (excludes halogenated alkanes) is 45. The van der Waals surface area contributed by atoms with Gasteiger partial charge < -0.3 is 33.8 Å². The lowest BCUT2D eigenvalue weighted by Crippen LogP contribution is -2.30. The van der Waals surface area contributed by atoms with Crippen LogP contribution in [0.3, 0.4) is 0 Å². The van der Waals surface area contributed by atoms with Crippen LogP contribution in [0.25, 0.3) is 0 Å². The van der Waals surface area contributed by atoms with Crippen molar-refractivity contribution in [1.29, 1.82) is 0 Å². The van der Waals surface area contributed by atoms with Gasteiger partial charge >= 0.3 is 39.5 Å². The molecule has 0 aliphatic heterocycles. The van der Waals surface area contributed by atoms with E-state index >= 15 is 0 Å². The molecule has 97 heavy (non-hydrogen) atoms. The summed E-state index contributed by atoms with van der Waals surface area (Å²) < 4.78 is 68.4. The number of carbonyl (C=O) groups is 4. The summed E-state index contributed by atoms with van der Waals surface area (Å²) >= 11 is 0. The second kappa shape index (κ2) is 69.8. The predicted molar refractivity (Wildman–Crippen MR) is 395 cm³/mol. The van der Waals surface area contributed by atoms with Crippen LogP contribution in [-0.4, -0.2) is 96.7 Å². The SMILES string of the molecule is CCCCCCCCCCCCCCCCCCC(=O)OC[C@H](COP(=O)(O)OC[C@@H](O)COP(=O)(O)OC[C@@H](COC(=O)CCCCCCC)OC(=O)CCCCCCCCCCCCC(C)CC)OC(=O)CCCCCCCCCCCCCCCCCCCCC(C)CC. The minimum absolute atomic E-state index is 0.106. The van der Waals surface area contributed by atoms with Crippen LogP contribution in [-0.2, 0) is 65.4 Å². The molecule has 0 spiro atoms. The lowest BCUT2D eigenvalue weighted by Gasteiger charge is -2.21. The second-order valence-corrected chi connectivity index (χ2v) is 31.5. The summed E-state index contributed by atoms with van der Waals surface area (Å²) in [5, 5.41) is 10.6. The summed E-state index contributed by atoms with van der Waals surface area (Å²) in [4.78, 5) is 72.6. The maximum Gasteiger partial charge on any atom is 0.472 e. The van der Waals surface area contributed by atoms with Gasteiger partial charge in [0.25, 0.3) is 0 Å². The summed E-state index contributed by atoms with van der Waals surface area (Å²) in [6.45, 7) is 9.61. The van der Waals surface area contributed by atoms with E-state index in [4.69, 9.17) is 37.0 Å². The molecule has 3 N–H and O–H groups in total. The highest BCUT2D eigenvalue weighted by Crippen LogP contribution is 2.45. The molecule has 0 rings (SSSR count). The van der Waals surface area contributed by atoms with E-state index in [1.54, 1.807) is 0 Å². The average molecular weight is 1420 g/mol. The Bertz CT molecular complexity index is 1880. The first-order valence-electron chi connectivity index (χ1n) is 40.6. The number of phosphoric ester groups is 2. The minimum atomic E-state index is -4.96. The quantitative estimate of drug-likeness (QED) is 0.0222. The fraction of sp³-hybridized carbons (Fsp3) is 0.949. The van der Waals surface area contributed by atoms with Crippen LogP contribution in [0.5, 0.6) is 0 Å². The van der Waals surface area contributed by atoms with E-state index in [0.29, 0.717) is 25.7 Å². The molecule has 0 aromatic heterocycles. The molecule has 0 saturated heterocycles. The Morgan fingerprint density at radius 1 is 0.289 bits per heavy atom. The van der Waals surface area contributed by atoms with Gasteiger partial charge in [-0.1, -0.05) is 356 Å². The molecule has 0 fully saturated rings. The van der Waals surface area contributed by atoms with Crippen molar-refractivity contribution in [2.24, 2.45) is 11.8 Å². The molecule has 4 unspecified atom stereocenters. The Labute approximate surface area is 594 Å². The zero-order chi connectivity index (χ0) is 71.4. The van der Waals surface area contributed by atoms with Gasteiger partial charge in [-0.25, -0.2) is 9.13 Å². The number of aliphatic hydroxyl groups excluding tert-OH is 1. The number of phosphoric acid groups is 2. The molecule has 0 bridgehead atoms. The molecule has 7 atom stereocenters. The zero-order valence-corrected chi connectivity index (χ0v) is 65.2. The van der Waals surface area contributed by atoms with Crippen molar-refractivity contribution in [3.63, 3.8) is 0 Å². The number of rotatable bonds is 77. The number of carbonyl (C=O) groups excluding carboxylic acids is 4. The third-order valence-corrected chi connectivity index (χ3v) is 20.8. The zero-order valence-electron chi connectivity index (χ0n) is 63.4. The minimum Gasteiger partial charge on any atom is -0.462 e. The van der Waals surface area contributed by atoms with E-state index in [0.717, 1.165) is 108 Å². The van der Waals surface area contributed by atoms with Crippen LogP contribution < -0.4 is 0 Å². The third kappa shape index (κ3) is 69.5. The van der Waals surface area contributed by atoms with Gasteiger partial charge in [0.15, 0.2) is 12.2 Å². The van der Waals surface area contributed by atoms with Gasteiger partial charge in [-0.3, -0.25) is 37.3 Å². The van der Waals surface area contributed by atoms with Crippen molar-refractivity contribution in [3.8, 4) is 0 Å². The number of hydrogen-bond donors (Lipinski definition) is 3. The van der Waals surface area contributed by atoms with E-state index in [1.165, 1.54) is 218 Å². The molecule has 17 nitrogen and oxygen atoms in total. The van der Waals surface area contributed by atoms with Crippen LogP contribution in [0.2, 0.25) is 0 Å². The Morgan fingerprint density at radius 2 is 0.495 bits per heavy atom. The Hall–Kier alpha value is -1.94. The van der Waals surface area contributed by atoms with Gasteiger partial charge in [0.2, 0.25) is 0 Å². The molecular formula is C78H152O17P2. The number of ether oxygens (including phenoxy) is 4. The molecule has 19 heteroatoms. The number of esters is 4. The van der Waals surface area contributed by atoms with E-state index in [1.807, 2.05) is 0 Å². The van der Waals surface area contributed by atoms with Crippen LogP contribution >= 0.6 is 15.6 Å². The monoisotopic (exact) mass is 1420 g/mol. The van der Waals surface area contributed by atoms with Crippen LogP contribution in [0.4, 0.5) is 0 Å². The van der Waals surface area contributed by atoms with Crippen LogP contribution in [0.15, 0.2) is 0 Å². The largest absolute Gasteiger partial charge is 0.472 e. The maximum atomic E-state index is 13.1. The van der Waals surface area contributed by atoms with E-state index in [-0.39, 0.29) is 25.7 Å². The standard InChI is InChI=1S/C78H152O17P2/c1-7-11-13-15-16-17-18-19-20-26-29-32-38-43-49-55-61-76(81)89-67-74(95-78(83)62-56-50-44-39-33-30-27-24-22-21-23-25-28-31-36-41-47-52-58-70(5)9-3)69-93-97(86,87)91-65-72(79)64-90-96(84,85)92-68-73(66-88-75(80)60-54-46-14-12-8-2)94-77(82)63-57-51-45-40-35-34-37-42-48-53-59-71(6)10-4/h70-74,79H,7-69H2,1-6H3,(H,84,85)(H,86,87)/t70?,71?,72-,73+,74+/m0/s1. The summed E-state index contributed by atoms with van der Waals surface area (Å²) in [5.74, 6) is -0.450. The Balaban J connectivity index is 5.12. The molecule has 0 radical (unpaired) electrons. The molecule has 0 aliphatic rings. The maximum absolute atomic E-state index is 13.1. The molecule has 0 aliphatic carbocycles. The van der Waals surface area contributed by atoms with Gasteiger partial charge in [0, 0.05) is 25.7 Å². The molecule has 0 aromatic rings. The number of aliphatic hydroxyl groups is 1. The van der Waals surface area contributed by atoms with Crippen molar-refractivity contribution in [2.75, 3.05) is 39.6 Å². The van der Waals surface area contributed by atoms with Gasteiger partial charge in [-0.2, -0.15) is 0 Å². The van der Waals surface area contributed by atoms with Gasteiger partial charge in [0.1, 0.15) is 19.3 Å². The molecule has 576 valence electrons. The number of hydrogen-bond acceptors (Lipinski definition) is 15. The topological polar surface area (TPSA) is 237 Å². The lowest BCUT2D eigenvalue weighted by atomic mass is 9.99. The van der Waals surface area contributed by atoms with E-state index in [2.05, 4.69) is 41.5 Å². The normalized spacial score (nSPS) is 14.5. The Kier molecular flexibility index (Phi) is 68.4. The van der Waals surface area contributed by atoms with Crippen molar-refractivity contribution >= 4 is 39.5 Å². The lowest BCUT2D eigenvalue weighted by molar-refractivity contribution is -0.161. The Morgan fingerprint density at radius 3 is 0.732 bits per heavy atom. The van der Waals surface area contributed by atoms with Gasteiger partial charge in [-0.15, -0.1) is 0 Å². The van der Waals surface area contributed by atoms with Crippen LogP contribution in [0.1, 0.15) is 408 Å². The third-order valence-electron chi connectivity index (χ3n) is 18.9. The van der Waals surface area contributed by atoms with Crippen molar-refractivity contribution < 1.29 is 80.2 Å². The summed E-state index contributed by atoms with van der Waals surface area (Å²) in [6.07, 6.45) is 58.6. The highest BCUT2D eigenvalue weighted by molar-refractivity contribution is 7.47. The van der Waals surface area contributed by atoms with Crippen molar-refractivity contribution in [1.82, 2.24) is 0 Å². The van der Waals surface area contributed by atoms with Gasteiger partial charge in [-0.05, 0) is 37.5 Å². The molecule has 0 aromatic carbocycles. The first-order valence-corrected chi connectivity index (χ1v) is 43.6. The molecular weight excluding hydrogens is 1270 g/mol. The molecule has 0 saturated carbocycles. The summed E-state index contributed by atoms with van der Waals surface area (Å²) in [5.41, 5.74) is 0. The van der Waals surface area contributed by atoms with Crippen LogP contribution in [0, 0.1) is 11.8 Å². The average Bonchev–Trinajstić information content (AvgIpc) is 1.47. The van der Waals surface area contributed by atoms with Crippen molar-refractivity contribution in [3.05, 3.63) is 0 Å². The first-order chi connectivity index (χ1) is 46.9. The summed E-state index contributed by atoms with van der Waals surface area (Å²) in [6, 6.07) is 0. The molecule has 0 amide bonds. The fourth-order valence-corrected chi connectivity index (χ4v) is 13.5. The summed E-state index contributed by atoms with van der Waals surface area (Å²) in [7, 11) is -9.90. The van der Waals surface area contributed by atoms with Gasteiger partial charge in [0.05, 0.1) is 26.4 Å². The highest BCUT2D eigenvalue weighted by Gasteiger charge is 2.30. The highest BCUT2D eigenvalue weighted by atomic mass is 31.2. The van der Waals surface area contributed by atoms with E-state index < -0.39 is 97.5 Å². The predicted octanol–water partition coefficient (Wildman–Crippen LogP) is 23.1. The van der Waals surface area contributed by atoms with E-state index in [9.17, 15) is 43.2 Å². The fourth-order valence-electron chi connectivity index (χ4n) is 11.9. The molecule has 0 heterocycles. The second-order valence-electron chi connectivity index (χ2n) is 28.6.